The normalized spacial score (nSPS) is 12.1. The third kappa shape index (κ3) is 7.03. The van der Waals surface area contributed by atoms with Gasteiger partial charge >= 0.3 is 12.4 Å². The second-order valence-electron chi connectivity index (χ2n) is 10.2. The molecule has 0 aliphatic rings. The predicted molar refractivity (Wildman–Crippen MR) is 158 cm³/mol. The highest BCUT2D eigenvalue weighted by Crippen LogP contribution is 2.27. The van der Waals surface area contributed by atoms with Crippen molar-refractivity contribution in [3.05, 3.63) is 106 Å². The number of hydrogen-bond acceptors (Lipinski definition) is 5. The average molecular weight is 607 g/mol. The topological polar surface area (TPSA) is 86.3 Å². The van der Waals surface area contributed by atoms with Gasteiger partial charge in [-0.2, -0.15) is 4.99 Å². The van der Waals surface area contributed by atoms with Crippen molar-refractivity contribution in [2.75, 3.05) is 0 Å². The van der Waals surface area contributed by atoms with Gasteiger partial charge in [0.25, 0.3) is 0 Å². The quantitative estimate of drug-likeness (QED) is 0.212. The van der Waals surface area contributed by atoms with Crippen molar-refractivity contribution in [3.63, 3.8) is 0 Å². The molecular weight excluding hydrogens is 577 g/mol. The number of thiazole rings is 1. The molecule has 5 rings (SSSR count). The van der Waals surface area contributed by atoms with E-state index in [-0.39, 0.29) is 12.3 Å². The first kappa shape index (κ1) is 29.8. The summed E-state index contributed by atoms with van der Waals surface area (Å²) in [5.74, 6) is 0.434. The third-order valence-corrected chi connectivity index (χ3v) is 7.62. The van der Waals surface area contributed by atoms with E-state index in [9.17, 15) is 18.0 Å². The lowest BCUT2D eigenvalue weighted by atomic mass is 9.96. The van der Waals surface area contributed by atoms with Crippen LogP contribution >= 0.6 is 11.3 Å². The predicted octanol–water partition coefficient (Wildman–Crippen LogP) is 7.24. The van der Waals surface area contributed by atoms with Crippen molar-refractivity contribution >= 4 is 17.4 Å². The molecule has 12 heteroatoms. The number of aromatic nitrogens is 4. The lowest BCUT2D eigenvalue weighted by molar-refractivity contribution is -0.274. The molecule has 0 radical (unpaired) electrons. The zero-order valence-corrected chi connectivity index (χ0v) is 24.7. The number of benzene rings is 3. The fraction of sp³-hybridized carbons (Fsp3) is 0.226. The maximum absolute atomic E-state index is 12.8. The molecular formula is C31H29F3N6O2S. The molecule has 5 aromatic rings. The van der Waals surface area contributed by atoms with Crippen molar-refractivity contribution in [1.29, 1.82) is 0 Å². The van der Waals surface area contributed by atoms with Gasteiger partial charge in [-0.25, -0.2) is 14.5 Å². The highest BCUT2D eigenvalue weighted by Gasteiger charge is 2.31. The first-order valence-corrected chi connectivity index (χ1v) is 14.3. The van der Waals surface area contributed by atoms with Gasteiger partial charge in [0, 0.05) is 23.2 Å². The number of rotatable bonds is 7. The summed E-state index contributed by atoms with van der Waals surface area (Å²) in [5, 5.41) is 9.27. The average Bonchev–Trinajstić information content (AvgIpc) is 3.58. The fourth-order valence-electron chi connectivity index (χ4n) is 4.77. The Hall–Kier alpha value is -4.71. The van der Waals surface area contributed by atoms with Crippen LogP contribution in [0.2, 0.25) is 0 Å². The zero-order chi connectivity index (χ0) is 30.7. The molecule has 0 saturated carbocycles. The maximum atomic E-state index is 12.8. The number of ether oxygens (including phenoxy) is 1. The Morgan fingerprint density at radius 1 is 1.05 bits per heavy atom. The Bertz CT molecular complexity index is 1800. The summed E-state index contributed by atoms with van der Waals surface area (Å²) < 4.78 is 44.6. The molecule has 2 amide bonds. The summed E-state index contributed by atoms with van der Waals surface area (Å²) in [6.07, 6.45) is -3.28. The number of urea groups is 1. The molecule has 0 fully saturated rings. The molecule has 222 valence electrons. The molecule has 3 aromatic carbocycles. The van der Waals surface area contributed by atoms with Crippen LogP contribution in [0.4, 0.5) is 18.0 Å². The molecule has 0 unspecified atom stereocenters. The molecule has 0 spiro atoms. The van der Waals surface area contributed by atoms with Gasteiger partial charge in [-0.05, 0) is 66.8 Å². The van der Waals surface area contributed by atoms with E-state index in [0.717, 1.165) is 22.5 Å². The minimum atomic E-state index is -4.75. The van der Waals surface area contributed by atoms with Gasteiger partial charge in [-0.1, -0.05) is 50.2 Å². The van der Waals surface area contributed by atoms with Gasteiger partial charge in [0.05, 0.1) is 11.4 Å². The third-order valence-electron chi connectivity index (χ3n) is 6.68. The number of carbonyl (C=O) groups is 1. The monoisotopic (exact) mass is 606 g/mol. The Balaban J connectivity index is 1.25. The molecule has 43 heavy (non-hydrogen) atoms. The summed E-state index contributed by atoms with van der Waals surface area (Å²) in [6.45, 7) is 8.69. The first-order valence-electron chi connectivity index (χ1n) is 13.5. The lowest BCUT2D eigenvalue weighted by Crippen LogP contribution is -2.24. The van der Waals surface area contributed by atoms with E-state index < -0.39 is 12.4 Å². The summed E-state index contributed by atoms with van der Waals surface area (Å²) in [7, 11) is 0. The number of amides is 2. The van der Waals surface area contributed by atoms with Gasteiger partial charge < -0.3 is 10.1 Å². The number of hydrogen-bond donors (Lipinski definition) is 1. The van der Waals surface area contributed by atoms with Crippen LogP contribution in [0.5, 0.6) is 5.75 Å². The number of halogens is 3. The molecule has 1 N–H and O–H groups in total. The smallest absolute Gasteiger partial charge is 0.406 e. The molecule has 2 aromatic heterocycles. The van der Waals surface area contributed by atoms with E-state index in [1.54, 1.807) is 0 Å². The van der Waals surface area contributed by atoms with Gasteiger partial charge in [0.1, 0.15) is 12.1 Å². The number of aryl methyl sites for hydroxylation is 2. The first-order chi connectivity index (χ1) is 20.5. The summed E-state index contributed by atoms with van der Waals surface area (Å²) in [6, 6.07) is 18.5. The Morgan fingerprint density at radius 2 is 1.77 bits per heavy atom. The van der Waals surface area contributed by atoms with Crippen molar-refractivity contribution in [1.82, 2.24) is 24.6 Å². The highest BCUT2D eigenvalue weighted by molar-refractivity contribution is 7.07. The van der Waals surface area contributed by atoms with Gasteiger partial charge in [0.15, 0.2) is 10.6 Å². The minimum Gasteiger partial charge on any atom is -0.406 e. The number of alkyl halides is 3. The van der Waals surface area contributed by atoms with E-state index in [1.807, 2.05) is 47.2 Å². The maximum Gasteiger partial charge on any atom is 0.573 e. The SMILES string of the molecule is Cc1cccc(-n2c(C)cs/c2=N\C(=O)NCc2ccc(-c3ncn(-c4ccc(OC(F)(F)F)cc4)n3)cc2)c1C(C)C. The van der Waals surface area contributed by atoms with Crippen LogP contribution in [0.1, 0.15) is 42.1 Å². The number of nitrogens with zero attached hydrogens (tertiary/aromatic N) is 5. The lowest BCUT2D eigenvalue weighted by Gasteiger charge is -2.17. The molecule has 2 heterocycles. The molecule has 0 atom stereocenters. The van der Waals surface area contributed by atoms with Gasteiger partial charge in [-0.15, -0.1) is 29.6 Å². The van der Waals surface area contributed by atoms with Crippen LogP contribution in [0.3, 0.4) is 0 Å². The number of carbonyl (C=O) groups excluding carboxylic acids is 1. The standard InChI is InChI=1S/C31H29F3N6O2S/c1-19(2)27-20(3)6-5-7-26(27)40-21(4)17-43-30(40)37-29(41)35-16-22-8-10-23(11-9-22)28-36-18-39(38-28)24-12-14-25(15-13-24)42-31(32,33)34/h5-15,17-19H,16H2,1-4H3,(H,35,41)/b37-30-. The molecule has 0 saturated heterocycles. The van der Waals surface area contributed by atoms with E-state index in [2.05, 4.69) is 58.0 Å². The van der Waals surface area contributed by atoms with E-state index >= 15 is 0 Å². The molecule has 0 aliphatic heterocycles. The second kappa shape index (κ2) is 12.3. The van der Waals surface area contributed by atoms with E-state index in [4.69, 9.17) is 0 Å². The Kier molecular flexibility index (Phi) is 8.49. The molecule has 8 nitrogen and oxygen atoms in total. The van der Waals surface area contributed by atoms with Crippen molar-refractivity contribution in [3.8, 4) is 28.5 Å². The highest BCUT2D eigenvalue weighted by atomic mass is 32.1. The van der Waals surface area contributed by atoms with Crippen molar-refractivity contribution in [2.24, 2.45) is 4.99 Å². The Morgan fingerprint density at radius 3 is 2.44 bits per heavy atom. The second-order valence-corrected chi connectivity index (χ2v) is 11.0. The Labute approximate surface area is 250 Å². The van der Waals surface area contributed by atoms with E-state index in [0.29, 0.717) is 22.2 Å². The van der Waals surface area contributed by atoms with Crippen LogP contribution in [-0.4, -0.2) is 31.7 Å². The summed E-state index contributed by atoms with van der Waals surface area (Å²) in [5.41, 5.74) is 6.58. The van der Waals surface area contributed by atoms with Crippen LogP contribution < -0.4 is 14.9 Å². The van der Waals surface area contributed by atoms with E-state index in [1.165, 1.54) is 57.7 Å². The summed E-state index contributed by atoms with van der Waals surface area (Å²) in [4.78, 5) is 22.1. The minimum absolute atomic E-state index is 0.281. The van der Waals surface area contributed by atoms with Crippen LogP contribution in [-0.2, 0) is 6.54 Å². The zero-order valence-electron chi connectivity index (χ0n) is 23.9. The van der Waals surface area contributed by atoms with Crippen LogP contribution in [0.15, 0.2) is 83.4 Å². The van der Waals surface area contributed by atoms with Crippen LogP contribution in [0.25, 0.3) is 22.8 Å². The van der Waals surface area contributed by atoms with Crippen molar-refractivity contribution < 1.29 is 22.7 Å². The summed E-state index contributed by atoms with van der Waals surface area (Å²) >= 11 is 1.42. The van der Waals surface area contributed by atoms with Crippen LogP contribution in [0, 0.1) is 13.8 Å². The largest absolute Gasteiger partial charge is 0.573 e. The van der Waals surface area contributed by atoms with Crippen molar-refractivity contribution in [2.45, 2.75) is 46.5 Å². The van der Waals surface area contributed by atoms with Gasteiger partial charge in [0.2, 0.25) is 0 Å². The molecule has 0 bridgehead atoms. The number of nitrogens with one attached hydrogen (secondary N) is 1. The van der Waals surface area contributed by atoms with Gasteiger partial charge in [-0.3, -0.25) is 4.57 Å². The molecule has 0 aliphatic carbocycles. The fourth-order valence-corrected chi connectivity index (χ4v) is 5.64.